The van der Waals surface area contributed by atoms with E-state index >= 15 is 0 Å². The summed E-state index contributed by atoms with van der Waals surface area (Å²) in [5.74, 6) is 0.652. The minimum absolute atomic E-state index is 0.0822. The van der Waals surface area contributed by atoms with Gasteiger partial charge in [0, 0.05) is 36.4 Å². The molecule has 1 saturated heterocycles. The Bertz CT molecular complexity index is 1000. The third kappa shape index (κ3) is 4.83. The maximum atomic E-state index is 12.8. The Labute approximate surface area is 179 Å². The van der Waals surface area contributed by atoms with Crippen LogP contribution in [0, 0.1) is 0 Å². The van der Waals surface area contributed by atoms with Crippen LogP contribution in [0.1, 0.15) is 34.9 Å². The first-order chi connectivity index (χ1) is 14.6. The molecule has 1 amide bonds. The second kappa shape index (κ2) is 9.32. The summed E-state index contributed by atoms with van der Waals surface area (Å²) in [5.41, 5.74) is 2.18. The molecule has 9 heteroatoms. The Hall–Kier alpha value is -2.84. The third-order valence-corrected chi connectivity index (χ3v) is 5.19. The number of H-pyrrole nitrogens is 1. The number of nitrogens with zero attached hydrogens (tertiary/aromatic N) is 4. The number of rotatable bonds is 7. The number of carbonyl (C=O) groups excluding carboxylic acids is 1. The van der Waals surface area contributed by atoms with E-state index in [1.54, 1.807) is 21.7 Å². The number of halogens is 1. The zero-order valence-corrected chi connectivity index (χ0v) is 17.5. The third-order valence-electron chi connectivity index (χ3n) is 4.95. The first-order valence-corrected chi connectivity index (χ1v) is 10.4. The molecule has 3 heterocycles. The van der Waals surface area contributed by atoms with E-state index < -0.39 is 0 Å². The van der Waals surface area contributed by atoms with Crippen LogP contribution in [0.4, 0.5) is 0 Å². The zero-order chi connectivity index (χ0) is 20.9. The highest BCUT2D eigenvalue weighted by atomic mass is 35.5. The predicted octanol–water partition coefficient (Wildman–Crippen LogP) is 3.11. The van der Waals surface area contributed by atoms with Gasteiger partial charge in [-0.2, -0.15) is 10.2 Å². The zero-order valence-electron chi connectivity index (χ0n) is 16.8. The molecule has 0 bridgehead atoms. The number of nitrogens with one attached hydrogen (secondary N) is 1. The molecule has 30 heavy (non-hydrogen) atoms. The minimum Gasteiger partial charge on any atom is -0.493 e. The molecule has 1 aromatic carbocycles. The van der Waals surface area contributed by atoms with E-state index in [-0.39, 0.29) is 12.0 Å². The van der Waals surface area contributed by atoms with Crippen LogP contribution in [0.15, 0.2) is 42.6 Å². The molecule has 4 rings (SSSR count). The first-order valence-electron chi connectivity index (χ1n) is 9.99. The van der Waals surface area contributed by atoms with Gasteiger partial charge < -0.3 is 14.4 Å². The maximum Gasteiger partial charge on any atom is 0.274 e. The number of ether oxygens (including phenoxy) is 2. The topological polar surface area (TPSA) is 85.3 Å². The maximum absolute atomic E-state index is 12.8. The fourth-order valence-corrected chi connectivity index (χ4v) is 3.51. The van der Waals surface area contributed by atoms with Gasteiger partial charge in [0.1, 0.15) is 17.5 Å². The van der Waals surface area contributed by atoms with Crippen LogP contribution in [0.2, 0.25) is 5.02 Å². The van der Waals surface area contributed by atoms with Gasteiger partial charge in [0.05, 0.1) is 25.5 Å². The Morgan fingerprint density at radius 1 is 1.37 bits per heavy atom. The number of benzene rings is 1. The fraction of sp³-hybridized carbons (Fsp3) is 0.381. The summed E-state index contributed by atoms with van der Waals surface area (Å²) in [7, 11) is 0. The van der Waals surface area contributed by atoms with E-state index in [0.29, 0.717) is 43.4 Å². The van der Waals surface area contributed by atoms with Gasteiger partial charge >= 0.3 is 0 Å². The van der Waals surface area contributed by atoms with Crippen LogP contribution in [-0.2, 0) is 17.7 Å². The molecular formula is C21H24ClN5O3. The molecule has 0 unspecified atom stereocenters. The summed E-state index contributed by atoms with van der Waals surface area (Å²) >= 11 is 5.97. The van der Waals surface area contributed by atoms with Gasteiger partial charge in [0.2, 0.25) is 0 Å². The van der Waals surface area contributed by atoms with Crippen LogP contribution >= 0.6 is 11.6 Å². The summed E-state index contributed by atoms with van der Waals surface area (Å²) in [4.78, 5) is 14.5. The lowest BCUT2D eigenvalue weighted by Crippen LogP contribution is -2.42. The molecule has 0 spiro atoms. The first kappa shape index (κ1) is 20.4. The van der Waals surface area contributed by atoms with Crippen LogP contribution in [0.3, 0.4) is 0 Å². The summed E-state index contributed by atoms with van der Waals surface area (Å²) in [6.07, 6.45) is 2.22. The monoisotopic (exact) mass is 429 g/mol. The molecular weight excluding hydrogens is 406 g/mol. The number of hydrogen-bond acceptors (Lipinski definition) is 5. The number of amides is 1. The molecule has 1 atom stereocenters. The molecule has 1 N–H and O–H groups in total. The van der Waals surface area contributed by atoms with Gasteiger partial charge in [0.25, 0.3) is 5.91 Å². The van der Waals surface area contributed by atoms with Gasteiger partial charge in [-0.3, -0.25) is 14.6 Å². The van der Waals surface area contributed by atoms with Gasteiger partial charge in [-0.25, -0.2) is 0 Å². The Morgan fingerprint density at radius 3 is 3.07 bits per heavy atom. The number of hydrogen-bond donors (Lipinski definition) is 1. The lowest BCUT2D eigenvalue weighted by Gasteiger charge is -2.31. The van der Waals surface area contributed by atoms with E-state index in [9.17, 15) is 4.79 Å². The van der Waals surface area contributed by atoms with E-state index in [0.717, 1.165) is 23.7 Å². The van der Waals surface area contributed by atoms with E-state index in [2.05, 4.69) is 15.3 Å². The second-order valence-electron chi connectivity index (χ2n) is 7.04. The van der Waals surface area contributed by atoms with Crippen molar-refractivity contribution in [2.24, 2.45) is 0 Å². The van der Waals surface area contributed by atoms with Crippen molar-refractivity contribution in [1.82, 2.24) is 24.9 Å². The number of aromatic amines is 1. The van der Waals surface area contributed by atoms with Crippen molar-refractivity contribution in [3.8, 4) is 5.75 Å². The van der Waals surface area contributed by atoms with Crippen LogP contribution in [-0.4, -0.2) is 57.1 Å². The standard InChI is InChI=1S/C21H24ClN5O3/c1-2-27-8-6-18(25-27)21(28)26-9-11-30-20(14-26)19-13-16(23-24-19)7-10-29-17-5-3-4-15(22)12-17/h3-6,8,12-13,20H,2,7,9-11,14H2,1H3,(H,23,24)/t20-/m1/s1. The summed E-state index contributed by atoms with van der Waals surface area (Å²) in [6, 6.07) is 11.0. The fourth-order valence-electron chi connectivity index (χ4n) is 3.33. The molecule has 2 aromatic heterocycles. The summed E-state index contributed by atoms with van der Waals surface area (Å²) in [6.45, 7) is 4.67. The molecule has 3 aromatic rings. The molecule has 8 nitrogen and oxygen atoms in total. The minimum atomic E-state index is -0.269. The number of carbonyl (C=O) groups is 1. The Kier molecular flexibility index (Phi) is 6.35. The molecule has 1 aliphatic rings. The molecule has 0 aliphatic carbocycles. The molecule has 0 saturated carbocycles. The summed E-state index contributed by atoms with van der Waals surface area (Å²) in [5, 5.41) is 12.4. The van der Waals surface area contributed by atoms with E-state index in [1.165, 1.54) is 0 Å². The highest BCUT2D eigenvalue weighted by Crippen LogP contribution is 2.23. The smallest absolute Gasteiger partial charge is 0.274 e. The van der Waals surface area contributed by atoms with Crippen molar-refractivity contribution in [2.45, 2.75) is 26.0 Å². The van der Waals surface area contributed by atoms with Crippen molar-refractivity contribution in [3.05, 3.63) is 64.7 Å². The van der Waals surface area contributed by atoms with E-state index in [1.807, 2.05) is 37.4 Å². The van der Waals surface area contributed by atoms with Crippen molar-refractivity contribution in [2.75, 3.05) is 26.3 Å². The van der Waals surface area contributed by atoms with Gasteiger partial charge in [-0.15, -0.1) is 0 Å². The number of aromatic nitrogens is 4. The molecule has 158 valence electrons. The van der Waals surface area contributed by atoms with Crippen molar-refractivity contribution < 1.29 is 14.3 Å². The van der Waals surface area contributed by atoms with Gasteiger partial charge in [-0.05, 0) is 37.3 Å². The van der Waals surface area contributed by atoms with E-state index in [4.69, 9.17) is 21.1 Å². The Balaban J connectivity index is 1.32. The Morgan fingerprint density at radius 2 is 2.27 bits per heavy atom. The SMILES string of the molecule is CCn1ccc(C(=O)N2CCO[C@@H](c3cc(CCOc4cccc(Cl)c4)[nH]n3)C2)n1. The second-order valence-corrected chi connectivity index (χ2v) is 7.48. The average molecular weight is 430 g/mol. The number of aryl methyl sites for hydroxylation is 1. The predicted molar refractivity (Wildman–Crippen MR) is 112 cm³/mol. The molecule has 1 aliphatic heterocycles. The van der Waals surface area contributed by atoms with Crippen LogP contribution < -0.4 is 4.74 Å². The highest BCUT2D eigenvalue weighted by Gasteiger charge is 2.28. The normalized spacial score (nSPS) is 16.6. The van der Waals surface area contributed by atoms with Crippen molar-refractivity contribution in [1.29, 1.82) is 0 Å². The number of morpholine rings is 1. The van der Waals surface area contributed by atoms with Crippen LogP contribution in [0.5, 0.6) is 5.75 Å². The van der Waals surface area contributed by atoms with Gasteiger partial charge in [0.15, 0.2) is 0 Å². The highest BCUT2D eigenvalue weighted by molar-refractivity contribution is 6.30. The van der Waals surface area contributed by atoms with Crippen molar-refractivity contribution in [3.63, 3.8) is 0 Å². The lowest BCUT2D eigenvalue weighted by atomic mass is 10.1. The quantitative estimate of drug-likeness (QED) is 0.623. The average Bonchev–Trinajstić information content (AvgIpc) is 3.43. The van der Waals surface area contributed by atoms with Crippen molar-refractivity contribution >= 4 is 17.5 Å². The molecule has 0 radical (unpaired) electrons. The summed E-state index contributed by atoms with van der Waals surface area (Å²) < 4.78 is 13.3. The van der Waals surface area contributed by atoms with Crippen LogP contribution in [0.25, 0.3) is 0 Å². The van der Waals surface area contributed by atoms with Gasteiger partial charge in [-0.1, -0.05) is 17.7 Å². The molecule has 1 fully saturated rings. The largest absolute Gasteiger partial charge is 0.493 e. The lowest BCUT2D eigenvalue weighted by molar-refractivity contribution is -0.0249.